The zero-order valence-electron chi connectivity index (χ0n) is 8.63. The van der Waals surface area contributed by atoms with Gasteiger partial charge < -0.3 is 10.6 Å². The van der Waals surface area contributed by atoms with Gasteiger partial charge in [0.2, 0.25) is 0 Å². The number of hydrogen-bond donors (Lipinski definition) is 1. The van der Waals surface area contributed by atoms with Crippen LogP contribution >= 0.6 is 24.8 Å². The van der Waals surface area contributed by atoms with Crippen molar-refractivity contribution in [1.82, 2.24) is 4.90 Å². The van der Waals surface area contributed by atoms with Gasteiger partial charge in [-0.2, -0.15) is 0 Å². The van der Waals surface area contributed by atoms with Gasteiger partial charge in [-0.25, -0.2) is 0 Å². The van der Waals surface area contributed by atoms with Gasteiger partial charge in [0.15, 0.2) is 0 Å². The maximum absolute atomic E-state index is 5.47. The molecule has 0 saturated heterocycles. The van der Waals surface area contributed by atoms with Crippen LogP contribution in [0.3, 0.4) is 0 Å². The predicted octanol–water partition coefficient (Wildman–Crippen LogP) is 2.43. The van der Waals surface area contributed by atoms with Gasteiger partial charge in [-0.05, 0) is 11.8 Å². The Labute approximate surface area is 104 Å². The average Bonchev–Trinajstić information content (AvgIpc) is 2.19. The van der Waals surface area contributed by atoms with E-state index in [-0.39, 0.29) is 24.8 Å². The van der Waals surface area contributed by atoms with Crippen LogP contribution in [0.5, 0.6) is 0 Å². The minimum Gasteiger partial charge on any atom is -0.372 e. The lowest BCUT2D eigenvalue weighted by atomic mass is 10.2. The molecular formula is C11H18Cl2N2. The Kier molecular flexibility index (Phi) is 11.0. The van der Waals surface area contributed by atoms with Gasteiger partial charge in [-0.1, -0.05) is 36.9 Å². The quantitative estimate of drug-likeness (QED) is 0.868. The Balaban J connectivity index is 0. The molecule has 2 nitrogen and oxygen atoms in total. The Morgan fingerprint density at radius 3 is 2.27 bits per heavy atom. The van der Waals surface area contributed by atoms with Crippen molar-refractivity contribution < 1.29 is 0 Å². The van der Waals surface area contributed by atoms with Crippen molar-refractivity contribution in [2.24, 2.45) is 5.73 Å². The Morgan fingerprint density at radius 2 is 1.80 bits per heavy atom. The van der Waals surface area contributed by atoms with Gasteiger partial charge in [-0.3, -0.25) is 0 Å². The van der Waals surface area contributed by atoms with Crippen LogP contribution < -0.4 is 5.73 Å². The highest BCUT2D eigenvalue weighted by Crippen LogP contribution is 2.03. The Hall–Kier alpha value is -0.700. The fourth-order valence-corrected chi connectivity index (χ4v) is 1.22. The summed E-state index contributed by atoms with van der Waals surface area (Å²) in [6, 6.07) is 10.3. The second kappa shape index (κ2) is 9.84. The Morgan fingerprint density at radius 1 is 1.20 bits per heavy atom. The first-order valence-electron chi connectivity index (χ1n) is 4.47. The summed E-state index contributed by atoms with van der Waals surface area (Å²) in [5, 5.41) is 0. The summed E-state index contributed by atoms with van der Waals surface area (Å²) >= 11 is 0. The van der Waals surface area contributed by atoms with E-state index in [1.54, 1.807) is 0 Å². The molecule has 1 rings (SSSR count). The summed E-state index contributed by atoms with van der Waals surface area (Å²) in [5.41, 5.74) is 6.76. The third-order valence-corrected chi connectivity index (χ3v) is 1.90. The third kappa shape index (κ3) is 6.39. The van der Waals surface area contributed by atoms with Crippen LogP contribution in [-0.4, -0.2) is 18.0 Å². The molecule has 0 aliphatic carbocycles. The maximum Gasteiger partial charge on any atom is 0.0424 e. The van der Waals surface area contributed by atoms with E-state index in [1.165, 1.54) is 5.56 Å². The normalized spacial score (nSPS) is 8.33. The first-order valence-corrected chi connectivity index (χ1v) is 4.47. The molecule has 0 saturated carbocycles. The third-order valence-electron chi connectivity index (χ3n) is 1.90. The van der Waals surface area contributed by atoms with Gasteiger partial charge in [-0.15, -0.1) is 24.8 Å². The highest BCUT2D eigenvalue weighted by Gasteiger charge is 1.97. The molecule has 0 aliphatic heterocycles. The molecule has 0 heterocycles. The Bertz CT molecular complexity index is 252. The topological polar surface area (TPSA) is 29.3 Å². The molecule has 15 heavy (non-hydrogen) atoms. The highest BCUT2D eigenvalue weighted by atomic mass is 35.5. The van der Waals surface area contributed by atoms with Gasteiger partial charge in [0.25, 0.3) is 0 Å². The zero-order chi connectivity index (χ0) is 9.52. The van der Waals surface area contributed by atoms with E-state index in [0.717, 1.165) is 13.1 Å². The molecular weight excluding hydrogens is 231 g/mol. The van der Waals surface area contributed by atoms with Crippen molar-refractivity contribution >= 4 is 24.8 Å². The second-order valence-corrected chi connectivity index (χ2v) is 2.93. The number of hydrogen-bond acceptors (Lipinski definition) is 2. The second-order valence-electron chi connectivity index (χ2n) is 2.93. The number of nitrogens with two attached hydrogens (primary N) is 1. The van der Waals surface area contributed by atoms with E-state index in [2.05, 4.69) is 23.6 Å². The monoisotopic (exact) mass is 248 g/mol. The van der Waals surface area contributed by atoms with Crippen LogP contribution in [0.25, 0.3) is 0 Å². The minimum absolute atomic E-state index is 0. The van der Waals surface area contributed by atoms with E-state index in [4.69, 9.17) is 5.73 Å². The average molecular weight is 249 g/mol. The van der Waals surface area contributed by atoms with Gasteiger partial charge in [0, 0.05) is 19.6 Å². The molecule has 0 fully saturated rings. The van der Waals surface area contributed by atoms with Crippen molar-refractivity contribution in [2.45, 2.75) is 6.54 Å². The molecule has 2 N–H and O–H groups in total. The van der Waals surface area contributed by atoms with E-state index in [9.17, 15) is 0 Å². The largest absolute Gasteiger partial charge is 0.372 e. The van der Waals surface area contributed by atoms with Crippen LogP contribution in [0.4, 0.5) is 0 Å². The molecule has 1 aromatic rings. The maximum atomic E-state index is 5.47. The van der Waals surface area contributed by atoms with Crippen molar-refractivity contribution in [1.29, 1.82) is 0 Å². The van der Waals surface area contributed by atoms with Crippen LogP contribution in [0.2, 0.25) is 0 Å². The number of halogens is 2. The standard InChI is InChI=1S/C11H16N2.2ClH/c1-2-13(9-8-12)10-11-6-4-3-5-7-11;;/h2-7H,1,8-10,12H2;2*1H. The zero-order valence-corrected chi connectivity index (χ0v) is 10.3. The minimum atomic E-state index is 0. The van der Waals surface area contributed by atoms with Gasteiger partial charge in [0.05, 0.1) is 0 Å². The van der Waals surface area contributed by atoms with E-state index >= 15 is 0 Å². The van der Waals surface area contributed by atoms with Crippen molar-refractivity contribution in [3.63, 3.8) is 0 Å². The summed E-state index contributed by atoms with van der Waals surface area (Å²) in [7, 11) is 0. The smallest absolute Gasteiger partial charge is 0.0424 e. The SMILES string of the molecule is C=CN(CCN)Cc1ccccc1.Cl.Cl. The first-order chi connectivity index (χ1) is 6.36. The number of benzene rings is 1. The molecule has 0 atom stereocenters. The highest BCUT2D eigenvalue weighted by molar-refractivity contribution is 5.85. The van der Waals surface area contributed by atoms with E-state index < -0.39 is 0 Å². The van der Waals surface area contributed by atoms with E-state index in [1.807, 2.05) is 24.4 Å². The number of rotatable bonds is 5. The van der Waals surface area contributed by atoms with Crippen molar-refractivity contribution in [3.8, 4) is 0 Å². The summed E-state index contributed by atoms with van der Waals surface area (Å²) in [4.78, 5) is 2.11. The summed E-state index contributed by atoms with van der Waals surface area (Å²) in [6.45, 7) is 6.16. The van der Waals surface area contributed by atoms with Crippen molar-refractivity contribution in [2.75, 3.05) is 13.1 Å². The van der Waals surface area contributed by atoms with Gasteiger partial charge >= 0.3 is 0 Å². The summed E-state index contributed by atoms with van der Waals surface area (Å²) < 4.78 is 0. The molecule has 0 aromatic heterocycles. The van der Waals surface area contributed by atoms with Crippen LogP contribution in [0, 0.1) is 0 Å². The fraction of sp³-hybridized carbons (Fsp3) is 0.273. The van der Waals surface area contributed by atoms with Gasteiger partial charge in [0.1, 0.15) is 0 Å². The molecule has 86 valence electrons. The van der Waals surface area contributed by atoms with Crippen molar-refractivity contribution in [3.05, 3.63) is 48.7 Å². The molecule has 0 radical (unpaired) electrons. The van der Waals surface area contributed by atoms with E-state index in [0.29, 0.717) is 6.54 Å². The number of nitrogens with zero attached hydrogens (tertiary/aromatic N) is 1. The van der Waals surface area contributed by atoms with Crippen LogP contribution in [0.15, 0.2) is 43.1 Å². The predicted molar refractivity (Wildman–Crippen MR) is 70.6 cm³/mol. The lowest BCUT2D eigenvalue weighted by Gasteiger charge is -2.18. The molecule has 0 spiro atoms. The fourth-order valence-electron chi connectivity index (χ4n) is 1.22. The van der Waals surface area contributed by atoms with Crippen LogP contribution in [0.1, 0.15) is 5.56 Å². The molecule has 0 amide bonds. The summed E-state index contributed by atoms with van der Waals surface area (Å²) in [6.07, 6.45) is 1.83. The molecule has 0 aliphatic rings. The molecule has 0 unspecified atom stereocenters. The molecule has 0 bridgehead atoms. The molecule has 1 aromatic carbocycles. The lowest BCUT2D eigenvalue weighted by Crippen LogP contribution is -2.23. The lowest BCUT2D eigenvalue weighted by molar-refractivity contribution is 0.380. The first kappa shape index (κ1) is 16.7. The molecule has 4 heteroatoms. The van der Waals surface area contributed by atoms with Crippen LogP contribution in [-0.2, 0) is 6.54 Å². The summed E-state index contributed by atoms with van der Waals surface area (Å²) in [5.74, 6) is 0.